The SMILES string of the molecule is C/C=C/C(=O)OC1CC/C=C\[C@@H]2C[C@]2(C(=O)NS(=O)(=O)C2CC2)NC(=O)[C@@H]2C[C@@H](OC(=O)N3Cc4cccc(F)c4C3)CN2C(=O)[C@@H](NC(=O)OCCCC)CC1. The van der Waals surface area contributed by atoms with Crippen molar-refractivity contribution in [3.8, 4) is 0 Å². The Labute approximate surface area is 330 Å². The second-order valence-electron chi connectivity index (χ2n) is 15.3. The fourth-order valence-electron chi connectivity index (χ4n) is 7.52. The summed E-state index contributed by atoms with van der Waals surface area (Å²) in [6, 6.07) is 1.94. The van der Waals surface area contributed by atoms with Crippen LogP contribution in [0.5, 0.6) is 0 Å². The second kappa shape index (κ2) is 17.6. The highest BCUT2D eigenvalue weighted by Crippen LogP contribution is 2.46. The third-order valence-corrected chi connectivity index (χ3v) is 12.8. The molecule has 0 spiro atoms. The summed E-state index contributed by atoms with van der Waals surface area (Å²) in [6.45, 7) is 3.45. The monoisotopic (exact) mass is 815 g/mol. The average Bonchev–Trinajstić information content (AvgIpc) is 4.05. The van der Waals surface area contributed by atoms with E-state index in [1.165, 1.54) is 28.0 Å². The molecule has 1 aromatic rings. The lowest BCUT2D eigenvalue weighted by Crippen LogP contribution is -2.58. The first kappa shape index (κ1) is 41.6. The van der Waals surface area contributed by atoms with Crippen molar-refractivity contribution >= 4 is 45.9 Å². The molecule has 1 unspecified atom stereocenters. The van der Waals surface area contributed by atoms with Gasteiger partial charge in [-0.05, 0) is 69.9 Å². The molecule has 2 aliphatic carbocycles. The molecule has 1 saturated heterocycles. The molecule has 3 heterocycles. The van der Waals surface area contributed by atoms with Crippen molar-refractivity contribution in [2.75, 3.05) is 13.2 Å². The number of carbonyl (C=O) groups is 6. The molecular formula is C39H50FN5O11S. The zero-order chi connectivity index (χ0) is 40.9. The highest BCUT2D eigenvalue weighted by atomic mass is 32.2. The molecule has 57 heavy (non-hydrogen) atoms. The van der Waals surface area contributed by atoms with E-state index in [9.17, 15) is 41.6 Å². The number of halogens is 1. The molecule has 2 saturated carbocycles. The number of ether oxygens (including phenoxy) is 3. The van der Waals surface area contributed by atoms with Crippen LogP contribution in [0.3, 0.4) is 0 Å². The van der Waals surface area contributed by atoms with Crippen LogP contribution in [0.4, 0.5) is 14.0 Å². The summed E-state index contributed by atoms with van der Waals surface area (Å²) in [4.78, 5) is 84.0. The summed E-state index contributed by atoms with van der Waals surface area (Å²) in [5, 5.41) is 4.66. The Morgan fingerprint density at radius 2 is 1.84 bits per heavy atom. The summed E-state index contributed by atoms with van der Waals surface area (Å²) in [5.74, 6) is -4.08. The summed E-state index contributed by atoms with van der Waals surface area (Å²) in [5.41, 5.74) is -0.684. The summed E-state index contributed by atoms with van der Waals surface area (Å²) >= 11 is 0. The minimum Gasteiger partial charge on any atom is -0.459 e. The van der Waals surface area contributed by atoms with Gasteiger partial charge >= 0.3 is 18.2 Å². The van der Waals surface area contributed by atoms with E-state index in [0.717, 1.165) is 6.42 Å². The minimum absolute atomic E-state index is 0.0277. The molecule has 3 aliphatic heterocycles. The number of esters is 1. The first-order chi connectivity index (χ1) is 27.2. The number of hydrogen-bond donors (Lipinski definition) is 3. The van der Waals surface area contributed by atoms with Gasteiger partial charge in [-0.3, -0.25) is 24.0 Å². The molecule has 3 fully saturated rings. The van der Waals surface area contributed by atoms with Crippen molar-refractivity contribution in [1.82, 2.24) is 25.2 Å². The van der Waals surface area contributed by atoms with Gasteiger partial charge in [0.05, 0.1) is 24.9 Å². The van der Waals surface area contributed by atoms with E-state index in [0.29, 0.717) is 43.2 Å². The third-order valence-electron chi connectivity index (χ3n) is 11.0. The maximum Gasteiger partial charge on any atom is 0.410 e. The number of carbonyl (C=O) groups excluding carboxylic acids is 6. The Morgan fingerprint density at radius 3 is 2.56 bits per heavy atom. The van der Waals surface area contributed by atoms with E-state index in [1.807, 2.05) is 6.92 Å². The average molecular weight is 816 g/mol. The fraction of sp³-hybridized carbons (Fsp3) is 0.590. The number of sulfonamides is 1. The molecule has 6 atom stereocenters. The molecule has 18 heteroatoms. The summed E-state index contributed by atoms with van der Waals surface area (Å²) in [6.07, 6.45) is 5.66. The van der Waals surface area contributed by atoms with E-state index in [4.69, 9.17) is 14.2 Å². The van der Waals surface area contributed by atoms with Gasteiger partial charge in [0.25, 0.3) is 5.91 Å². The van der Waals surface area contributed by atoms with Gasteiger partial charge in [0.15, 0.2) is 0 Å². The molecule has 0 aromatic heterocycles. The Hall–Kier alpha value is -5.00. The first-order valence-electron chi connectivity index (χ1n) is 19.6. The van der Waals surface area contributed by atoms with Gasteiger partial charge in [-0.25, -0.2) is 27.2 Å². The van der Waals surface area contributed by atoms with Gasteiger partial charge in [-0.1, -0.05) is 43.7 Å². The molecule has 310 valence electrons. The van der Waals surface area contributed by atoms with Crippen LogP contribution >= 0.6 is 0 Å². The number of amides is 5. The topological polar surface area (TPSA) is 207 Å². The lowest BCUT2D eigenvalue weighted by atomic mass is 10.0. The van der Waals surface area contributed by atoms with E-state index in [-0.39, 0.29) is 51.9 Å². The number of alkyl carbamates (subject to hydrolysis) is 1. The Kier molecular flexibility index (Phi) is 12.9. The quantitative estimate of drug-likeness (QED) is 0.103. The Balaban J connectivity index is 1.29. The van der Waals surface area contributed by atoms with Crippen LogP contribution in [-0.4, -0.2) is 102 Å². The lowest BCUT2D eigenvalue weighted by Gasteiger charge is -2.30. The van der Waals surface area contributed by atoms with E-state index < -0.39 is 92.7 Å². The summed E-state index contributed by atoms with van der Waals surface area (Å²) < 4.78 is 59.2. The molecule has 3 N–H and O–H groups in total. The maximum atomic E-state index is 14.5. The molecule has 0 bridgehead atoms. The van der Waals surface area contributed by atoms with Crippen LogP contribution < -0.4 is 15.4 Å². The van der Waals surface area contributed by atoms with Crippen LogP contribution in [0.2, 0.25) is 0 Å². The molecule has 16 nitrogen and oxygen atoms in total. The van der Waals surface area contributed by atoms with Crippen molar-refractivity contribution in [3.05, 3.63) is 59.4 Å². The van der Waals surface area contributed by atoms with Crippen LogP contribution in [-0.2, 0) is 56.5 Å². The molecule has 6 rings (SSSR count). The number of nitrogens with zero attached hydrogens (tertiary/aromatic N) is 2. The van der Waals surface area contributed by atoms with Gasteiger partial charge in [-0.15, -0.1) is 0 Å². The number of hydrogen-bond acceptors (Lipinski definition) is 11. The first-order valence-corrected chi connectivity index (χ1v) is 21.1. The summed E-state index contributed by atoms with van der Waals surface area (Å²) in [7, 11) is -3.99. The largest absolute Gasteiger partial charge is 0.459 e. The van der Waals surface area contributed by atoms with Crippen molar-refractivity contribution in [2.24, 2.45) is 5.92 Å². The number of unbranched alkanes of at least 4 members (excludes halogenated alkanes) is 1. The standard InChI is InChI=1S/C39H50FN5O11S/c1-3-5-18-54-37(50)41-31-17-14-26(55-33(46)9-4-2)12-7-6-11-25-20-39(25,36(49)43-57(52,53)28-15-16-28)42-34(47)32-19-27(22-45(32)35(31)48)56-38(51)44-21-24-10-8-13-30(40)29(24)23-44/h4,6,8-11,13,25-28,31-32H,3,5,7,12,14-23H2,1-2H3,(H,41,50)(H,42,47)(H,43,49)/b9-4+,11-6-/t25-,26?,27-,31+,32+,39+/m1/s1. The Bertz CT molecular complexity index is 1920. The van der Waals surface area contributed by atoms with Gasteiger partial charge in [0.1, 0.15) is 35.6 Å². The zero-order valence-electron chi connectivity index (χ0n) is 32.1. The van der Waals surface area contributed by atoms with E-state index in [2.05, 4.69) is 15.4 Å². The molecule has 0 radical (unpaired) electrons. The van der Waals surface area contributed by atoms with Crippen LogP contribution in [0, 0.1) is 11.7 Å². The normalized spacial score (nSPS) is 28.2. The van der Waals surface area contributed by atoms with Crippen molar-refractivity contribution in [3.63, 3.8) is 0 Å². The van der Waals surface area contributed by atoms with Gasteiger partial charge in [0.2, 0.25) is 21.8 Å². The van der Waals surface area contributed by atoms with Crippen molar-refractivity contribution in [1.29, 1.82) is 0 Å². The number of benzene rings is 1. The molecule has 5 amide bonds. The number of nitrogens with one attached hydrogen (secondary N) is 3. The van der Waals surface area contributed by atoms with Gasteiger partial charge in [-0.2, -0.15) is 0 Å². The zero-order valence-corrected chi connectivity index (χ0v) is 32.9. The van der Waals surface area contributed by atoms with Gasteiger partial charge in [0, 0.05) is 30.5 Å². The molecular weight excluding hydrogens is 766 g/mol. The van der Waals surface area contributed by atoms with Crippen LogP contribution in [0.1, 0.15) is 89.2 Å². The van der Waals surface area contributed by atoms with Crippen molar-refractivity contribution < 1.29 is 55.8 Å². The predicted octanol–water partition coefficient (Wildman–Crippen LogP) is 3.24. The fourth-order valence-corrected chi connectivity index (χ4v) is 8.88. The van der Waals surface area contributed by atoms with Gasteiger partial charge < -0.3 is 29.7 Å². The third kappa shape index (κ3) is 9.94. The maximum absolute atomic E-state index is 14.5. The van der Waals surface area contributed by atoms with E-state index >= 15 is 0 Å². The molecule has 1 aromatic carbocycles. The second-order valence-corrected chi connectivity index (χ2v) is 17.2. The predicted molar refractivity (Wildman–Crippen MR) is 201 cm³/mol. The van der Waals surface area contributed by atoms with Crippen molar-refractivity contribution in [2.45, 2.75) is 126 Å². The van der Waals surface area contributed by atoms with E-state index in [1.54, 1.807) is 31.2 Å². The van der Waals surface area contributed by atoms with Crippen LogP contribution in [0.15, 0.2) is 42.5 Å². The van der Waals surface area contributed by atoms with Crippen LogP contribution in [0.25, 0.3) is 0 Å². The minimum atomic E-state index is -3.99. The Morgan fingerprint density at radius 1 is 1.05 bits per heavy atom. The number of rotatable bonds is 10. The highest BCUT2D eigenvalue weighted by molar-refractivity contribution is 7.91. The number of allylic oxidation sites excluding steroid dienone is 2. The molecule has 5 aliphatic rings. The lowest BCUT2D eigenvalue weighted by molar-refractivity contribution is -0.144. The smallest absolute Gasteiger partial charge is 0.410 e. The number of fused-ring (bicyclic) bond motifs is 3. The highest BCUT2D eigenvalue weighted by Gasteiger charge is 2.62.